The maximum atomic E-state index is 12.0. The molecule has 0 aliphatic rings. The second-order valence-corrected chi connectivity index (χ2v) is 6.84. The summed E-state index contributed by atoms with van der Waals surface area (Å²) in [6, 6.07) is 8.37. The van der Waals surface area contributed by atoms with Crippen LogP contribution in [0.3, 0.4) is 0 Å². The van der Waals surface area contributed by atoms with Crippen molar-refractivity contribution < 1.29 is 26.7 Å². The summed E-state index contributed by atoms with van der Waals surface area (Å²) in [6.45, 7) is 0.971. The van der Waals surface area contributed by atoms with Crippen molar-refractivity contribution in [2.75, 3.05) is 12.4 Å². The van der Waals surface area contributed by atoms with Crippen molar-refractivity contribution in [3.63, 3.8) is 0 Å². The highest BCUT2D eigenvalue weighted by atomic mass is 32.2. The third-order valence-corrected chi connectivity index (χ3v) is 4.57. The second-order valence-electron chi connectivity index (χ2n) is 5.00. The third kappa shape index (κ3) is 6.03. The van der Waals surface area contributed by atoms with E-state index >= 15 is 0 Å². The molecule has 2 N–H and O–H groups in total. The summed E-state index contributed by atoms with van der Waals surface area (Å²) in [6.07, 6.45) is -6.06. The summed E-state index contributed by atoms with van der Waals surface area (Å²) in [5.41, 5.74) is -0.731. The van der Waals surface area contributed by atoms with Gasteiger partial charge in [-0.25, -0.2) is 13.1 Å². The van der Waals surface area contributed by atoms with Crippen molar-refractivity contribution in [2.45, 2.75) is 31.5 Å². The fourth-order valence-corrected chi connectivity index (χ4v) is 3.34. The minimum atomic E-state index is -4.38. The number of hydrogen-bond donors (Lipinski definition) is 2. The van der Waals surface area contributed by atoms with E-state index in [0.29, 0.717) is 5.56 Å². The van der Waals surface area contributed by atoms with Crippen molar-refractivity contribution in [3.8, 4) is 0 Å². The lowest BCUT2D eigenvalue weighted by molar-refractivity contribution is -0.134. The highest BCUT2D eigenvalue weighted by Gasteiger charge is 2.32. The van der Waals surface area contributed by atoms with Gasteiger partial charge in [-0.2, -0.15) is 13.2 Å². The molecular formula is C13H18F3NO3S. The van der Waals surface area contributed by atoms with Gasteiger partial charge in [0.2, 0.25) is 10.0 Å². The fourth-order valence-electron chi connectivity index (χ4n) is 1.85. The molecule has 1 aromatic carbocycles. The van der Waals surface area contributed by atoms with Gasteiger partial charge in [-0.05, 0) is 18.9 Å². The minimum absolute atomic E-state index is 0.504. The van der Waals surface area contributed by atoms with E-state index in [2.05, 4.69) is 4.72 Å². The molecule has 0 heterocycles. The van der Waals surface area contributed by atoms with Crippen molar-refractivity contribution in [3.05, 3.63) is 35.9 Å². The Hall–Kier alpha value is -1.12. The second kappa shape index (κ2) is 6.76. The molecule has 0 amide bonds. The number of aliphatic hydroxyl groups excluding tert-OH is 1. The Balaban J connectivity index is 2.76. The van der Waals surface area contributed by atoms with Crippen LogP contribution in [0.15, 0.2) is 30.3 Å². The summed E-state index contributed by atoms with van der Waals surface area (Å²) in [5.74, 6) is -0.644. The first-order valence-electron chi connectivity index (χ1n) is 6.33. The number of alkyl halides is 3. The number of sulfonamides is 1. The zero-order valence-corrected chi connectivity index (χ0v) is 12.3. The molecule has 4 nitrogen and oxygen atoms in total. The van der Waals surface area contributed by atoms with Gasteiger partial charge in [-0.3, -0.25) is 0 Å². The predicted octanol–water partition coefficient (Wildman–Crippen LogP) is 2.16. The first kappa shape index (κ1) is 17.9. The minimum Gasteiger partial charge on any atom is -0.394 e. The zero-order chi connectivity index (χ0) is 16.1. The molecule has 0 saturated heterocycles. The van der Waals surface area contributed by atoms with Gasteiger partial charge >= 0.3 is 6.18 Å². The lowest BCUT2D eigenvalue weighted by Gasteiger charge is -2.29. The zero-order valence-electron chi connectivity index (χ0n) is 11.5. The topological polar surface area (TPSA) is 66.4 Å². The molecule has 120 valence electrons. The molecule has 0 fully saturated rings. The van der Waals surface area contributed by atoms with Gasteiger partial charge in [0.25, 0.3) is 0 Å². The Morgan fingerprint density at radius 2 is 1.76 bits per heavy atom. The molecule has 0 aliphatic carbocycles. The monoisotopic (exact) mass is 325 g/mol. The Morgan fingerprint density at radius 3 is 2.24 bits per heavy atom. The highest BCUT2D eigenvalue weighted by molar-refractivity contribution is 7.89. The largest absolute Gasteiger partial charge is 0.394 e. The van der Waals surface area contributed by atoms with Crippen LogP contribution in [0.2, 0.25) is 0 Å². The van der Waals surface area contributed by atoms with Gasteiger partial charge < -0.3 is 5.11 Å². The van der Waals surface area contributed by atoms with Crippen molar-refractivity contribution in [2.24, 2.45) is 0 Å². The van der Waals surface area contributed by atoms with Gasteiger partial charge in [-0.15, -0.1) is 0 Å². The van der Waals surface area contributed by atoms with Crippen LogP contribution < -0.4 is 4.72 Å². The first-order valence-corrected chi connectivity index (χ1v) is 7.98. The molecule has 8 heteroatoms. The van der Waals surface area contributed by atoms with Gasteiger partial charge in [0.1, 0.15) is 0 Å². The van der Waals surface area contributed by atoms with Crippen LogP contribution in [0.25, 0.3) is 0 Å². The smallest absolute Gasteiger partial charge is 0.389 e. The predicted molar refractivity (Wildman–Crippen MR) is 73.1 cm³/mol. The summed E-state index contributed by atoms with van der Waals surface area (Å²) in [5, 5.41) is 9.45. The number of aliphatic hydroxyl groups is 1. The molecule has 0 radical (unpaired) electrons. The maximum Gasteiger partial charge on any atom is 0.389 e. The third-order valence-electron chi connectivity index (χ3n) is 2.98. The number of halogens is 3. The van der Waals surface area contributed by atoms with Crippen LogP contribution in [0.5, 0.6) is 0 Å². The maximum absolute atomic E-state index is 12.0. The Morgan fingerprint density at radius 1 is 1.19 bits per heavy atom. The molecule has 1 unspecified atom stereocenters. The Labute approximate surface area is 122 Å². The number of benzene rings is 1. The Bertz CT molecular complexity index is 546. The standard InChI is InChI=1S/C13H18F3NO3S/c1-12(10-18,11-6-3-2-4-7-11)17-21(19,20)9-5-8-13(14,15)16/h2-4,6-7,17-18H,5,8-10H2,1H3. The quantitative estimate of drug-likeness (QED) is 0.807. The van der Waals surface area contributed by atoms with Crippen LogP contribution in [0, 0.1) is 0 Å². The molecule has 0 saturated carbocycles. The van der Waals surface area contributed by atoms with Crippen LogP contribution in [0.1, 0.15) is 25.3 Å². The van der Waals surface area contributed by atoms with Gasteiger partial charge in [0.15, 0.2) is 0 Å². The summed E-state index contributed by atoms with van der Waals surface area (Å²) in [4.78, 5) is 0. The fraction of sp³-hybridized carbons (Fsp3) is 0.538. The summed E-state index contributed by atoms with van der Waals surface area (Å²) >= 11 is 0. The lowest BCUT2D eigenvalue weighted by Crippen LogP contribution is -2.47. The molecule has 1 atom stereocenters. The van der Waals surface area contributed by atoms with E-state index in [-0.39, 0.29) is 0 Å². The molecule has 0 spiro atoms. The summed E-state index contributed by atoms with van der Waals surface area (Å²) < 4.78 is 62.2. The molecule has 21 heavy (non-hydrogen) atoms. The molecule has 0 aliphatic heterocycles. The molecule has 1 aromatic rings. The van der Waals surface area contributed by atoms with Crippen LogP contribution in [0.4, 0.5) is 13.2 Å². The number of hydrogen-bond acceptors (Lipinski definition) is 3. The van der Waals surface area contributed by atoms with E-state index < -0.39 is 46.9 Å². The van der Waals surface area contributed by atoms with Crippen LogP contribution in [-0.2, 0) is 15.6 Å². The molecule has 0 bridgehead atoms. The SMILES string of the molecule is CC(CO)(NS(=O)(=O)CCCC(F)(F)F)c1ccccc1. The van der Waals surface area contributed by atoms with Gasteiger partial charge in [0.05, 0.1) is 17.9 Å². The lowest BCUT2D eigenvalue weighted by atomic mass is 9.94. The van der Waals surface area contributed by atoms with Crippen molar-refractivity contribution in [1.29, 1.82) is 0 Å². The van der Waals surface area contributed by atoms with E-state index in [1.54, 1.807) is 30.3 Å². The van der Waals surface area contributed by atoms with Crippen molar-refractivity contribution >= 4 is 10.0 Å². The van der Waals surface area contributed by atoms with Crippen molar-refractivity contribution in [1.82, 2.24) is 4.72 Å². The molecular weight excluding hydrogens is 307 g/mol. The molecule has 0 aromatic heterocycles. The van der Waals surface area contributed by atoms with Crippen LogP contribution >= 0.6 is 0 Å². The van der Waals surface area contributed by atoms with E-state index in [1.165, 1.54) is 6.92 Å². The van der Waals surface area contributed by atoms with E-state index in [0.717, 1.165) is 0 Å². The van der Waals surface area contributed by atoms with Crippen LogP contribution in [-0.4, -0.2) is 32.1 Å². The number of rotatable bonds is 7. The van der Waals surface area contributed by atoms with E-state index in [9.17, 15) is 26.7 Å². The highest BCUT2D eigenvalue weighted by Crippen LogP contribution is 2.23. The van der Waals surface area contributed by atoms with E-state index in [1.807, 2.05) is 0 Å². The van der Waals surface area contributed by atoms with E-state index in [4.69, 9.17) is 0 Å². The summed E-state index contributed by atoms with van der Waals surface area (Å²) in [7, 11) is -3.93. The average molecular weight is 325 g/mol. The molecule has 1 rings (SSSR count). The first-order chi connectivity index (χ1) is 9.58. The number of nitrogens with one attached hydrogen (secondary N) is 1. The normalized spacial score (nSPS) is 15.7. The van der Waals surface area contributed by atoms with Gasteiger partial charge in [-0.1, -0.05) is 30.3 Å². The van der Waals surface area contributed by atoms with Gasteiger partial charge in [0, 0.05) is 6.42 Å². The average Bonchev–Trinajstić information content (AvgIpc) is 2.37. The Kier molecular flexibility index (Phi) is 5.77.